The van der Waals surface area contributed by atoms with Crippen LogP contribution in [0.4, 0.5) is 13.2 Å². The van der Waals surface area contributed by atoms with Crippen molar-refractivity contribution in [2.24, 2.45) is 0 Å². The van der Waals surface area contributed by atoms with Crippen molar-refractivity contribution < 1.29 is 22.8 Å². The van der Waals surface area contributed by atoms with Gasteiger partial charge in [0.1, 0.15) is 0 Å². The molecule has 0 saturated carbocycles. The second-order valence-corrected chi connectivity index (χ2v) is 6.75. The SMILES string of the molecule is CN(Cc1ccccc1C(F)(F)F)C(=O)CCC(=O)c1ccc(Br)cc1. The zero-order valence-corrected chi connectivity index (χ0v) is 15.6. The maximum absolute atomic E-state index is 13.0. The topological polar surface area (TPSA) is 37.4 Å². The Morgan fingerprint density at radius 3 is 2.23 bits per heavy atom. The van der Waals surface area contributed by atoms with Gasteiger partial charge in [-0.3, -0.25) is 9.59 Å². The molecule has 0 aromatic heterocycles. The number of carbonyl (C=O) groups excluding carboxylic acids is 2. The van der Waals surface area contributed by atoms with Crippen LogP contribution in [-0.2, 0) is 17.5 Å². The van der Waals surface area contributed by atoms with Crippen molar-refractivity contribution in [3.8, 4) is 0 Å². The van der Waals surface area contributed by atoms with Crippen molar-refractivity contribution in [1.29, 1.82) is 0 Å². The molecule has 0 aliphatic rings. The van der Waals surface area contributed by atoms with Gasteiger partial charge in [0, 0.05) is 36.5 Å². The predicted octanol–water partition coefficient (Wildman–Crippen LogP) is 5.09. The van der Waals surface area contributed by atoms with Gasteiger partial charge in [-0.1, -0.05) is 46.3 Å². The van der Waals surface area contributed by atoms with E-state index in [-0.39, 0.29) is 36.6 Å². The van der Waals surface area contributed by atoms with Crippen LogP contribution >= 0.6 is 15.9 Å². The summed E-state index contributed by atoms with van der Waals surface area (Å²) in [5.41, 5.74) is -0.244. The van der Waals surface area contributed by atoms with E-state index < -0.39 is 11.7 Å². The van der Waals surface area contributed by atoms with E-state index in [0.717, 1.165) is 10.5 Å². The Balaban J connectivity index is 1.96. The first-order valence-electron chi connectivity index (χ1n) is 7.86. The van der Waals surface area contributed by atoms with E-state index in [2.05, 4.69) is 15.9 Å². The molecule has 138 valence electrons. The average molecular weight is 428 g/mol. The van der Waals surface area contributed by atoms with Crippen molar-refractivity contribution in [3.63, 3.8) is 0 Å². The number of alkyl halides is 3. The van der Waals surface area contributed by atoms with Crippen LogP contribution in [0.25, 0.3) is 0 Å². The molecular weight excluding hydrogens is 411 g/mol. The van der Waals surface area contributed by atoms with Gasteiger partial charge in [0.2, 0.25) is 5.91 Å². The number of halogens is 4. The number of hydrogen-bond donors (Lipinski definition) is 0. The van der Waals surface area contributed by atoms with Gasteiger partial charge >= 0.3 is 6.18 Å². The van der Waals surface area contributed by atoms with Crippen molar-refractivity contribution in [2.45, 2.75) is 25.6 Å². The maximum atomic E-state index is 13.0. The molecule has 7 heteroatoms. The van der Waals surface area contributed by atoms with Crippen LogP contribution in [0.2, 0.25) is 0 Å². The largest absolute Gasteiger partial charge is 0.416 e. The summed E-state index contributed by atoms with van der Waals surface area (Å²) < 4.78 is 39.9. The van der Waals surface area contributed by atoms with Crippen LogP contribution in [0.1, 0.15) is 34.3 Å². The summed E-state index contributed by atoms with van der Waals surface area (Å²) in [6.45, 7) is -0.166. The molecule has 0 unspecified atom stereocenters. The number of amides is 1. The van der Waals surface area contributed by atoms with Gasteiger partial charge in [-0.2, -0.15) is 13.2 Å². The summed E-state index contributed by atoms with van der Waals surface area (Å²) in [7, 11) is 1.43. The van der Waals surface area contributed by atoms with Crippen LogP contribution in [0.5, 0.6) is 0 Å². The minimum Gasteiger partial charge on any atom is -0.341 e. The first-order chi connectivity index (χ1) is 12.2. The monoisotopic (exact) mass is 427 g/mol. The lowest BCUT2D eigenvalue weighted by Gasteiger charge is -2.20. The van der Waals surface area contributed by atoms with Crippen molar-refractivity contribution >= 4 is 27.6 Å². The Morgan fingerprint density at radius 1 is 1.00 bits per heavy atom. The highest BCUT2D eigenvalue weighted by Crippen LogP contribution is 2.32. The Hall–Kier alpha value is -2.15. The number of benzene rings is 2. The molecule has 0 saturated heterocycles. The highest BCUT2D eigenvalue weighted by molar-refractivity contribution is 9.10. The third-order valence-electron chi connectivity index (χ3n) is 3.89. The smallest absolute Gasteiger partial charge is 0.341 e. The molecule has 1 amide bonds. The van der Waals surface area contributed by atoms with Gasteiger partial charge in [0.25, 0.3) is 0 Å². The van der Waals surface area contributed by atoms with E-state index >= 15 is 0 Å². The average Bonchev–Trinajstić information content (AvgIpc) is 2.59. The molecule has 0 bridgehead atoms. The van der Waals surface area contributed by atoms with E-state index in [1.807, 2.05) is 0 Å². The molecule has 0 heterocycles. The summed E-state index contributed by atoms with van der Waals surface area (Å²) in [4.78, 5) is 25.5. The Morgan fingerprint density at radius 2 is 1.62 bits per heavy atom. The Labute approximate surface area is 157 Å². The van der Waals surface area contributed by atoms with Crippen molar-refractivity contribution in [2.75, 3.05) is 7.05 Å². The molecule has 0 radical (unpaired) electrons. The number of nitrogens with zero attached hydrogens (tertiary/aromatic N) is 1. The van der Waals surface area contributed by atoms with E-state index in [4.69, 9.17) is 0 Å². The number of rotatable bonds is 6. The van der Waals surface area contributed by atoms with Gasteiger partial charge < -0.3 is 4.90 Å². The third kappa shape index (κ3) is 5.42. The first kappa shape index (κ1) is 20.2. The Kier molecular flexibility index (Phi) is 6.58. The van der Waals surface area contributed by atoms with Crippen LogP contribution < -0.4 is 0 Å². The predicted molar refractivity (Wildman–Crippen MR) is 95.6 cm³/mol. The first-order valence-corrected chi connectivity index (χ1v) is 8.65. The minimum absolute atomic E-state index is 0.00568. The summed E-state index contributed by atoms with van der Waals surface area (Å²) in [5.74, 6) is -0.567. The van der Waals surface area contributed by atoms with E-state index in [9.17, 15) is 22.8 Å². The number of Topliss-reactive ketones (excluding diaryl/α,β-unsaturated/α-hetero) is 1. The summed E-state index contributed by atoms with van der Waals surface area (Å²) in [6, 6.07) is 11.9. The fraction of sp³-hybridized carbons (Fsp3) is 0.263. The molecule has 2 aromatic carbocycles. The van der Waals surface area contributed by atoms with Crippen molar-refractivity contribution in [1.82, 2.24) is 4.90 Å². The molecule has 0 aliphatic heterocycles. The minimum atomic E-state index is -4.47. The van der Waals surface area contributed by atoms with E-state index in [1.165, 1.54) is 30.1 Å². The summed E-state index contributed by atoms with van der Waals surface area (Å²) in [5, 5.41) is 0. The normalized spacial score (nSPS) is 11.3. The van der Waals surface area contributed by atoms with Gasteiger partial charge in [0.05, 0.1) is 5.56 Å². The van der Waals surface area contributed by atoms with Crippen LogP contribution in [0.3, 0.4) is 0 Å². The molecule has 3 nitrogen and oxygen atoms in total. The zero-order valence-electron chi connectivity index (χ0n) is 14.0. The number of carbonyl (C=O) groups is 2. The lowest BCUT2D eigenvalue weighted by Crippen LogP contribution is -2.27. The zero-order chi connectivity index (χ0) is 19.3. The van der Waals surface area contributed by atoms with Gasteiger partial charge in [-0.15, -0.1) is 0 Å². The fourth-order valence-electron chi connectivity index (χ4n) is 2.47. The molecule has 2 rings (SSSR count). The standard InChI is InChI=1S/C19H17BrF3NO2/c1-24(12-14-4-2-3-5-16(14)19(21,22)23)18(26)11-10-17(25)13-6-8-15(20)9-7-13/h2-9H,10-12H2,1H3. The maximum Gasteiger partial charge on any atom is 0.416 e. The second kappa shape index (κ2) is 8.49. The molecule has 0 spiro atoms. The lowest BCUT2D eigenvalue weighted by atomic mass is 10.1. The third-order valence-corrected chi connectivity index (χ3v) is 4.42. The molecule has 0 N–H and O–H groups in total. The fourth-order valence-corrected chi connectivity index (χ4v) is 2.73. The lowest BCUT2D eigenvalue weighted by molar-refractivity contribution is -0.139. The van der Waals surface area contributed by atoms with Crippen molar-refractivity contribution in [3.05, 3.63) is 69.7 Å². The molecule has 0 aliphatic carbocycles. The van der Waals surface area contributed by atoms with Gasteiger partial charge in [-0.05, 0) is 23.8 Å². The molecular formula is C19H17BrF3NO2. The highest BCUT2D eigenvalue weighted by atomic mass is 79.9. The molecule has 2 aromatic rings. The number of ketones is 1. The number of hydrogen-bond acceptors (Lipinski definition) is 2. The van der Waals surface area contributed by atoms with Crippen LogP contribution in [-0.4, -0.2) is 23.6 Å². The quantitative estimate of drug-likeness (QED) is 0.602. The summed E-state index contributed by atoms with van der Waals surface area (Å²) >= 11 is 3.27. The van der Waals surface area contributed by atoms with E-state index in [0.29, 0.717) is 5.56 Å². The second-order valence-electron chi connectivity index (χ2n) is 5.83. The van der Waals surface area contributed by atoms with Gasteiger partial charge in [0.15, 0.2) is 5.78 Å². The molecule has 26 heavy (non-hydrogen) atoms. The van der Waals surface area contributed by atoms with E-state index in [1.54, 1.807) is 24.3 Å². The van der Waals surface area contributed by atoms with Gasteiger partial charge in [-0.25, -0.2) is 0 Å². The van der Waals surface area contributed by atoms with Crippen LogP contribution in [0.15, 0.2) is 53.0 Å². The molecule has 0 atom stereocenters. The Bertz CT molecular complexity index is 788. The highest BCUT2D eigenvalue weighted by Gasteiger charge is 2.33. The van der Waals surface area contributed by atoms with Crippen LogP contribution in [0, 0.1) is 0 Å². The molecule has 0 fully saturated rings. The summed E-state index contributed by atoms with van der Waals surface area (Å²) in [6.07, 6.45) is -4.52.